The van der Waals surface area contributed by atoms with Gasteiger partial charge in [0.25, 0.3) is 0 Å². The average Bonchev–Trinajstić information content (AvgIpc) is 2.93. The number of nitrogens with zero attached hydrogens (tertiary/aromatic N) is 3. The van der Waals surface area contributed by atoms with Crippen molar-refractivity contribution in [2.75, 3.05) is 0 Å². The second-order valence-corrected chi connectivity index (χ2v) is 3.61. The molecule has 0 bridgehead atoms. The monoisotopic (exact) mass is 245 g/mol. The van der Waals surface area contributed by atoms with Gasteiger partial charge in [0.05, 0.1) is 16.6 Å². The van der Waals surface area contributed by atoms with Crippen LogP contribution in [0.4, 0.5) is 0 Å². The Kier molecular flexibility index (Phi) is 2.03. The quantitative estimate of drug-likeness (QED) is 0.593. The van der Waals surface area contributed by atoms with E-state index in [1.807, 2.05) is 0 Å². The molecule has 0 spiro atoms. The highest BCUT2D eigenvalue weighted by Gasteiger charge is 2.12. The van der Waals surface area contributed by atoms with E-state index in [2.05, 4.69) is 20.2 Å². The van der Waals surface area contributed by atoms with Crippen molar-refractivity contribution in [1.82, 2.24) is 24.7 Å². The molecule has 18 heavy (non-hydrogen) atoms. The molecule has 0 saturated heterocycles. The van der Waals surface area contributed by atoms with Gasteiger partial charge >= 0.3 is 11.7 Å². The average molecular weight is 245 g/mol. The molecule has 0 fully saturated rings. The number of aromatic amines is 2. The molecule has 0 atom stereocenters. The maximum Gasteiger partial charge on any atom is 0.335 e. The molecule has 8 nitrogen and oxygen atoms in total. The van der Waals surface area contributed by atoms with E-state index in [0.29, 0.717) is 11.0 Å². The molecule has 8 heteroatoms. The maximum absolute atomic E-state index is 11.8. The normalized spacial score (nSPS) is 10.9. The fraction of sp³-hybridized carbons (Fsp3) is 0. The van der Waals surface area contributed by atoms with Gasteiger partial charge in [0.2, 0.25) is 5.95 Å². The highest BCUT2D eigenvalue weighted by atomic mass is 16.4. The zero-order valence-electron chi connectivity index (χ0n) is 8.91. The first-order valence-electron chi connectivity index (χ1n) is 5.00. The molecule has 2 heterocycles. The fourth-order valence-electron chi connectivity index (χ4n) is 1.76. The lowest BCUT2D eigenvalue weighted by molar-refractivity contribution is 0.0697. The number of aromatic carboxylic acids is 1. The Bertz CT molecular complexity index is 784. The maximum atomic E-state index is 11.8. The minimum Gasteiger partial charge on any atom is -0.478 e. The van der Waals surface area contributed by atoms with Gasteiger partial charge in [-0.2, -0.15) is 10.1 Å². The van der Waals surface area contributed by atoms with Crippen molar-refractivity contribution < 1.29 is 9.90 Å². The van der Waals surface area contributed by atoms with Gasteiger partial charge in [-0.05, 0) is 18.2 Å². The molecule has 3 rings (SSSR count). The Morgan fingerprint density at radius 1 is 1.39 bits per heavy atom. The molecule has 0 aliphatic carbocycles. The van der Waals surface area contributed by atoms with Gasteiger partial charge in [-0.1, -0.05) is 0 Å². The minimum atomic E-state index is -1.05. The van der Waals surface area contributed by atoms with Crippen molar-refractivity contribution in [2.24, 2.45) is 0 Å². The zero-order chi connectivity index (χ0) is 12.7. The third kappa shape index (κ3) is 1.39. The number of benzene rings is 1. The largest absolute Gasteiger partial charge is 0.478 e. The van der Waals surface area contributed by atoms with Crippen LogP contribution in [0.25, 0.3) is 17.0 Å². The van der Waals surface area contributed by atoms with Crippen molar-refractivity contribution >= 4 is 17.0 Å². The van der Waals surface area contributed by atoms with E-state index in [-0.39, 0.29) is 11.5 Å². The molecule has 0 radical (unpaired) electrons. The van der Waals surface area contributed by atoms with Crippen LogP contribution in [-0.2, 0) is 0 Å². The smallest absolute Gasteiger partial charge is 0.335 e. The van der Waals surface area contributed by atoms with Crippen LogP contribution < -0.4 is 5.69 Å². The van der Waals surface area contributed by atoms with E-state index in [4.69, 9.17) is 5.11 Å². The summed E-state index contributed by atoms with van der Waals surface area (Å²) in [6.07, 6.45) is 1.28. The van der Waals surface area contributed by atoms with E-state index in [9.17, 15) is 9.59 Å². The van der Waals surface area contributed by atoms with E-state index in [1.54, 1.807) is 6.07 Å². The first kappa shape index (κ1) is 10.3. The molecule has 2 aromatic heterocycles. The summed E-state index contributed by atoms with van der Waals surface area (Å²) in [5, 5.41) is 15.1. The summed E-state index contributed by atoms with van der Waals surface area (Å²) in [7, 11) is 0. The Morgan fingerprint density at radius 3 is 2.89 bits per heavy atom. The predicted molar refractivity (Wildman–Crippen MR) is 60.8 cm³/mol. The number of imidazole rings is 1. The molecule has 3 aromatic rings. The number of carboxylic acid groups (broad SMARTS) is 1. The van der Waals surface area contributed by atoms with Gasteiger partial charge in [0, 0.05) is 0 Å². The highest BCUT2D eigenvalue weighted by Crippen LogP contribution is 2.14. The van der Waals surface area contributed by atoms with Gasteiger partial charge in [0.1, 0.15) is 6.33 Å². The number of H-pyrrole nitrogens is 2. The van der Waals surface area contributed by atoms with Crippen LogP contribution in [0.1, 0.15) is 10.4 Å². The molecule has 3 N–H and O–H groups in total. The number of rotatable bonds is 2. The van der Waals surface area contributed by atoms with Gasteiger partial charge in [-0.25, -0.2) is 19.3 Å². The standard InChI is InChI=1S/C10H7N5O3/c16-8(17)5-1-2-7-6(3-5)13-10(18)15(7)9-11-4-12-14-9/h1-4H,(H,13,18)(H,16,17)(H,11,12,14). The van der Waals surface area contributed by atoms with Crippen LogP contribution in [0.3, 0.4) is 0 Å². The van der Waals surface area contributed by atoms with E-state index in [0.717, 1.165) is 0 Å². The van der Waals surface area contributed by atoms with Crippen LogP contribution in [0.2, 0.25) is 0 Å². The van der Waals surface area contributed by atoms with E-state index in [1.165, 1.54) is 23.0 Å². The summed E-state index contributed by atoms with van der Waals surface area (Å²) < 4.78 is 1.29. The summed E-state index contributed by atoms with van der Waals surface area (Å²) in [6, 6.07) is 4.36. The summed E-state index contributed by atoms with van der Waals surface area (Å²) in [5.41, 5.74) is 0.649. The van der Waals surface area contributed by atoms with Gasteiger partial charge in [0.15, 0.2) is 0 Å². The Balaban J connectivity index is 2.32. The summed E-state index contributed by atoms with van der Waals surface area (Å²) in [4.78, 5) is 29.1. The van der Waals surface area contributed by atoms with Crippen LogP contribution >= 0.6 is 0 Å². The van der Waals surface area contributed by atoms with Crippen molar-refractivity contribution in [3.8, 4) is 5.95 Å². The molecule has 0 amide bonds. The number of hydrogen-bond acceptors (Lipinski definition) is 4. The number of fused-ring (bicyclic) bond motifs is 1. The van der Waals surface area contributed by atoms with Crippen LogP contribution in [0.15, 0.2) is 29.3 Å². The van der Waals surface area contributed by atoms with Crippen molar-refractivity contribution in [2.45, 2.75) is 0 Å². The lowest BCUT2D eigenvalue weighted by Gasteiger charge is -1.98. The molecule has 0 saturated carbocycles. The van der Waals surface area contributed by atoms with Crippen molar-refractivity contribution in [1.29, 1.82) is 0 Å². The SMILES string of the molecule is O=C(O)c1ccc2c(c1)[nH]c(=O)n2-c1ncn[nH]1. The van der Waals surface area contributed by atoms with Gasteiger partial charge in [-0.3, -0.25) is 0 Å². The lowest BCUT2D eigenvalue weighted by Crippen LogP contribution is -2.15. The molecule has 90 valence electrons. The molecular weight excluding hydrogens is 238 g/mol. The zero-order valence-corrected chi connectivity index (χ0v) is 8.91. The van der Waals surface area contributed by atoms with Crippen molar-refractivity contribution in [3.05, 3.63) is 40.6 Å². The van der Waals surface area contributed by atoms with E-state index >= 15 is 0 Å². The molecule has 0 aliphatic heterocycles. The molecule has 1 aromatic carbocycles. The number of carboxylic acids is 1. The van der Waals surface area contributed by atoms with Crippen LogP contribution in [0, 0.1) is 0 Å². The summed E-state index contributed by atoms with van der Waals surface area (Å²) >= 11 is 0. The van der Waals surface area contributed by atoms with Gasteiger partial charge in [-0.15, -0.1) is 0 Å². The highest BCUT2D eigenvalue weighted by molar-refractivity contribution is 5.92. The number of hydrogen-bond donors (Lipinski definition) is 3. The number of nitrogens with one attached hydrogen (secondary N) is 2. The van der Waals surface area contributed by atoms with Crippen molar-refractivity contribution in [3.63, 3.8) is 0 Å². The predicted octanol–water partition coefficient (Wildman–Crippen LogP) is 0.135. The summed E-state index contributed by atoms with van der Waals surface area (Å²) in [6.45, 7) is 0. The second kappa shape index (κ2) is 3.55. The van der Waals surface area contributed by atoms with Crippen LogP contribution in [0.5, 0.6) is 0 Å². The Labute approximate surface area is 98.9 Å². The third-order valence-corrected chi connectivity index (χ3v) is 2.54. The molecular formula is C10H7N5O3. The lowest BCUT2D eigenvalue weighted by atomic mass is 10.2. The second-order valence-electron chi connectivity index (χ2n) is 3.61. The van der Waals surface area contributed by atoms with Crippen LogP contribution in [-0.4, -0.2) is 35.8 Å². The Hall–Kier alpha value is -2.90. The first-order chi connectivity index (χ1) is 8.66. The first-order valence-corrected chi connectivity index (χ1v) is 5.00. The number of aromatic nitrogens is 5. The molecule has 0 aliphatic rings. The Morgan fingerprint density at radius 2 is 2.22 bits per heavy atom. The minimum absolute atomic E-state index is 0.105. The van der Waals surface area contributed by atoms with E-state index < -0.39 is 11.7 Å². The number of carbonyl (C=O) groups is 1. The third-order valence-electron chi connectivity index (χ3n) is 2.54. The topological polar surface area (TPSA) is 117 Å². The fourth-order valence-corrected chi connectivity index (χ4v) is 1.76. The molecule has 0 unspecified atom stereocenters. The summed E-state index contributed by atoms with van der Waals surface area (Å²) in [5.74, 6) is -0.778. The van der Waals surface area contributed by atoms with Gasteiger partial charge < -0.3 is 10.1 Å².